The molecule has 6 heteroatoms. The van der Waals surface area contributed by atoms with Crippen molar-refractivity contribution in [2.24, 2.45) is 11.7 Å². The van der Waals surface area contributed by atoms with Crippen molar-refractivity contribution >= 4 is 34.3 Å². The van der Waals surface area contributed by atoms with Gasteiger partial charge in [0.1, 0.15) is 11.6 Å². The Hall–Kier alpha value is -4.24. The predicted octanol–water partition coefficient (Wildman–Crippen LogP) is 4.84. The lowest BCUT2D eigenvalue weighted by Gasteiger charge is -2.26. The largest absolute Gasteiger partial charge is 0.454 e. The molecule has 1 aliphatic carbocycles. The molecule has 6 nitrogen and oxygen atoms in total. The van der Waals surface area contributed by atoms with Gasteiger partial charge >= 0.3 is 5.97 Å². The molecule has 0 spiro atoms. The molecular weight excluding hydrogens is 426 g/mol. The third kappa shape index (κ3) is 4.60. The van der Waals surface area contributed by atoms with Crippen LogP contribution in [0.3, 0.4) is 0 Å². The maximum atomic E-state index is 13.3. The second-order valence-electron chi connectivity index (χ2n) is 8.59. The van der Waals surface area contributed by atoms with E-state index in [9.17, 15) is 9.59 Å². The first-order chi connectivity index (χ1) is 16.4. The topological polar surface area (TPSA) is 106 Å². The number of hydrogen-bond acceptors (Lipinski definition) is 6. The highest BCUT2D eigenvalue weighted by Crippen LogP contribution is 2.38. The number of nitrogens with zero attached hydrogens (tertiary/aromatic N) is 2. The van der Waals surface area contributed by atoms with Gasteiger partial charge in [0.2, 0.25) is 5.78 Å². The molecule has 0 aliphatic heterocycles. The second kappa shape index (κ2) is 9.72. The number of hydrogen-bond donors (Lipinski definition) is 1. The van der Waals surface area contributed by atoms with E-state index in [4.69, 9.17) is 20.7 Å². The number of carbonyl (C=O) groups is 2. The van der Waals surface area contributed by atoms with Gasteiger partial charge in [-0.05, 0) is 54.5 Å². The molecule has 2 aromatic carbocycles. The van der Waals surface area contributed by atoms with E-state index in [2.05, 4.69) is 13.0 Å². The van der Waals surface area contributed by atoms with Gasteiger partial charge < -0.3 is 10.5 Å². The second-order valence-corrected chi connectivity index (χ2v) is 8.59. The van der Waals surface area contributed by atoms with Crippen LogP contribution in [0.25, 0.3) is 22.6 Å². The highest BCUT2D eigenvalue weighted by Gasteiger charge is 2.29. The van der Waals surface area contributed by atoms with Gasteiger partial charge in [-0.25, -0.2) is 9.78 Å². The molecule has 3 aromatic rings. The number of para-hydroxylation sites is 1. The number of ether oxygens (including phenoxy) is 1. The van der Waals surface area contributed by atoms with E-state index in [-0.39, 0.29) is 11.3 Å². The summed E-state index contributed by atoms with van der Waals surface area (Å²) < 4.78 is 5.41. The van der Waals surface area contributed by atoms with E-state index in [0.717, 1.165) is 28.8 Å². The van der Waals surface area contributed by atoms with E-state index in [1.165, 1.54) is 6.92 Å². The lowest BCUT2D eigenvalue weighted by atomic mass is 9.80. The number of rotatable bonds is 5. The van der Waals surface area contributed by atoms with Crippen molar-refractivity contribution < 1.29 is 14.3 Å². The molecule has 0 amide bonds. The van der Waals surface area contributed by atoms with Crippen molar-refractivity contribution in [3.8, 4) is 6.07 Å². The van der Waals surface area contributed by atoms with Crippen LogP contribution in [0.5, 0.6) is 0 Å². The number of Topliss-reactive ketones (excluding diaryl/α,β-unsaturated/α-hetero) is 1. The fourth-order valence-electron chi connectivity index (χ4n) is 4.37. The number of ketones is 1. The van der Waals surface area contributed by atoms with E-state index in [0.29, 0.717) is 28.8 Å². The molecule has 0 saturated carbocycles. The molecule has 0 bridgehead atoms. The molecule has 0 radical (unpaired) electrons. The third-order valence-electron chi connectivity index (χ3n) is 5.88. The van der Waals surface area contributed by atoms with Crippen LogP contribution >= 0.6 is 0 Å². The molecule has 1 heterocycles. The summed E-state index contributed by atoms with van der Waals surface area (Å²) in [7, 11) is 0. The maximum absolute atomic E-state index is 13.3. The number of esters is 1. The van der Waals surface area contributed by atoms with Crippen molar-refractivity contribution in [3.63, 3.8) is 0 Å². The summed E-state index contributed by atoms with van der Waals surface area (Å²) in [6, 6.07) is 19.2. The third-order valence-corrected chi connectivity index (χ3v) is 5.88. The summed E-state index contributed by atoms with van der Waals surface area (Å²) in [5, 5.41) is 9.84. The minimum absolute atomic E-state index is 0.0970. The molecule has 4 rings (SSSR count). The zero-order valence-corrected chi connectivity index (χ0v) is 19.2. The average molecular weight is 452 g/mol. The molecular formula is C28H25N3O3. The average Bonchev–Trinajstić information content (AvgIpc) is 2.82. The first-order valence-corrected chi connectivity index (χ1v) is 11.1. The molecule has 170 valence electrons. The van der Waals surface area contributed by atoms with Gasteiger partial charge in [-0.2, -0.15) is 5.26 Å². The van der Waals surface area contributed by atoms with Crippen molar-refractivity contribution in [1.29, 1.82) is 5.26 Å². The van der Waals surface area contributed by atoms with Crippen molar-refractivity contribution in [1.82, 2.24) is 4.98 Å². The fourth-order valence-corrected chi connectivity index (χ4v) is 4.37. The number of allylic oxidation sites excluding steroid dienone is 2. The summed E-state index contributed by atoms with van der Waals surface area (Å²) in [5.41, 5.74) is 10.3. The molecule has 1 aromatic heterocycles. The fraction of sp³-hybridized carbons (Fsp3) is 0.214. The maximum Gasteiger partial charge on any atom is 0.339 e. The first-order valence-electron chi connectivity index (χ1n) is 11.1. The minimum Gasteiger partial charge on any atom is -0.454 e. The Kier molecular flexibility index (Phi) is 6.55. The number of pyridine rings is 1. The highest BCUT2D eigenvalue weighted by atomic mass is 16.5. The Morgan fingerprint density at radius 1 is 1.15 bits per heavy atom. The molecule has 0 fully saturated rings. The summed E-state index contributed by atoms with van der Waals surface area (Å²) >= 11 is 0. The van der Waals surface area contributed by atoms with Crippen molar-refractivity contribution in [2.75, 3.05) is 6.61 Å². The van der Waals surface area contributed by atoms with Crippen LogP contribution in [0.2, 0.25) is 0 Å². The first kappa shape index (κ1) is 22.9. The smallest absolute Gasteiger partial charge is 0.339 e. The zero-order valence-electron chi connectivity index (χ0n) is 19.2. The van der Waals surface area contributed by atoms with Gasteiger partial charge in [-0.15, -0.1) is 0 Å². The lowest BCUT2D eigenvalue weighted by molar-refractivity contribution is -0.118. The minimum atomic E-state index is -0.624. The molecule has 1 unspecified atom stereocenters. The monoisotopic (exact) mass is 451 g/mol. The van der Waals surface area contributed by atoms with Crippen molar-refractivity contribution in [2.45, 2.75) is 26.7 Å². The highest BCUT2D eigenvalue weighted by molar-refractivity contribution is 6.08. The Morgan fingerprint density at radius 3 is 2.56 bits per heavy atom. The number of carbonyl (C=O) groups excluding carboxylic acids is 2. The Bertz CT molecular complexity index is 1380. The van der Waals surface area contributed by atoms with Crippen LogP contribution in [0.4, 0.5) is 0 Å². The standard InChI is InChI=1S/C28H25N3O3/c1-17-12-20(14-19-8-4-3-5-9-19)27-22(13-17)26(21-10-6-7-11-24(21)31-27)28(33)34-16-25(32)23(15-29)18(2)30/h3-11,14,17H,12-13,16,30H2,1-2H3/b20-14+,23-18+. The van der Waals surface area contributed by atoms with Gasteiger partial charge in [0.25, 0.3) is 0 Å². The zero-order chi connectivity index (χ0) is 24.2. The van der Waals surface area contributed by atoms with E-state index >= 15 is 0 Å². The van der Waals surface area contributed by atoms with E-state index in [1.54, 1.807) is 6.07 Å². The molecule has 34 heavy (non-hydrogen) atoms. The number of nitrogens with two attached hydrogens (primary N) is 1. The summed E-state index contributed by atoms with van der Waals surface area (Å²) in [6.07, 6.45) is 3.62. The van der Waals surface area contributed by atoms with E-state index in [1.807, 2.05) is 54.6 Å². The van der Waals surface area contributed by atoms with Crippen LogP contribution < -0.4 is 5.73 Å². The van der Waals surface area contributed by atoms with Gasteiger partial charge in [0.15, 0.2) is 6.61 Å². The quantitative estimate of drug-likeness (QED) is 0.338. The predicted molar refractivity (Wildman–Crippen MR) is 131 cm³/mol. The Morgan fingerprint density at radius 2 is 1.85 bits per heavy atom. The van der Waals surface area contributed by atoms with Gasteiger partial charge in [0, 0.05) is 11.1 Å². The number of aromatic nitrogens is 1. The SMILES string of the molecule is C/C(N)=C(/C#N)C(=O)COC(=O)c1c2c(nc3ccccc13)/C(=C/c1ccccc1)CC(C)C2. The van der Waals surface area contributed by atoms with Crippen LogP contribution in [0.15, 0.2) is 65.9 Å². The van der Waals surface area contributed by atoms with E-state index < -0.39 is 18.4 Å². The Balaban J connectivity index is 1.80. The number of benzene rings is 2. The number of fused-ring (bicyclic) bond motifs is 2. The Labute approximate surface area is 198 Å². The number of nitriles is 1. The van der Waals surface area contributed by atoms with Crippen LogP contribution in [-0.2, 0) is 16.0 Å². The summed E-state index contributed by atoms with van der Waals surface area (Å²) in [5.74, 6) is -0.934. The normalized spacial score (nSPS) is 17.0. The van der Waals surface area contributed by atoms with Gasteiger partial charge in [0.05, 0.1) is 16.8 Å². The van der Waals surface area contributed by atoms with Crippen molar-refractivity contribution in [3.05, 3.63) is 88.3 Å². The molecule has 0 saturated heterocycles. The van der Waals surface area contributed by atoms with Crippen LogP contribution in [0, 0.1) is 17.2 Å². The van der Waals surface area contributed by atoms with Gasteiger partial charge in [-0.1, -0.05) is 55.5 Å². The molecule has 1 aliphatic rings. The van der Waals surface area contributed by atoms with Crippen LogP contribution in [0.1, 0.15) is 47.4 Å². The summed E-state index contributed by atoms with van der Waals surface area (Å²) in [4.78, 5) is 30.6. The molecule has 1 atom stereocenters. The molecule has 2 N–H and O–H groups in total. The lowest BCUT2D eigenvalue weighted by Crippen LogP contribution is -2.21. The van der Waals surface area contributed by atoms with Gasteiger partial charge in [-0.3, -0.25) is 4.79 Å². The van der Waals surface area contributed by atoms with Crippen LogP contribution in [-0.4, -0.2) is 23.3 Å². The summed E-state index contributed by atoms with van der Waals surface area (Å²) in [6.45, 7) is 3.06.